The molecule has 0 saturated carbocycles. The minimum absolute atomic E-state index is 0.0395. The van der Waals surface area contributed by atoms with Crippen LogP contribution in [0.5, 0.6) is 11.5 Å². The van der Waals surface area contributed by atoms with E-state index < -0.39 is 11.8 Å². The predicted octanol–water partition coefficient (Wildman–Crippen LogP) is 4.24. The maximum atomic E-state index is 13.1. The summed E-state index contributed by atoms with van der Waals surface area (Å²) in [4.78, 5) is 26.9. The summed E-state index contributed by atoms with van der Waals surface area (Å²) < 4.78 is 12.0. The summed E-state index contributed by atoms with van der Waals surface area (Å²) in [5.74, 6) is -0.0562. The van der Waals surface area contributed by atoms with Crippen molar-refractivity contribution in [2.45, 2.75) is 6.92 Å². The summed E-state index contributed by atoms with van der Waals surface area (Å²) in [6.07, 6.45) is 3.13. The number of benzene rings is 2. The van der Waals surface area contributed by atoms with E-state index in [2.05, 4.69) is 27.8 Å². The number of halogens is 1. The number of anilines is 1. The number of nitrogens with one attached hydrogen (secondary N) is 1. The Morgan fingerprint density at radius 1 is 1.20 bits per heavy atom. The van der Waals surface area contributed by atoms with Crippen LogP contribution in [0.4, 0.5) is 5.69 Å². The third-order valence-electron chi connectivity index (χ3n) is 4.10. The maximum absolute atomic E-state index is 13.1. The summed E-state index contributed by atoms with van der Waals surface area (Å²) in [7, 11) is 0. The third-order valence-corrected chi connectivity index (χ3v) is 4.98. The monoisotopic (exact) mass is 486 g/mol. The predicted molar refractivity (Wildman–Crippen MR) is 124 cm³/mol. The lowest BCUT2D eigenvalue weighted by atomic mass is 10.1. The van der Waals surface area contributed by atoms with Crippen molar-refractivity contribution in [2.75, 3.05) is 18.1 Å². The van der Waals surface area contributed by atoms with Crippen molar-refractivity contribution in [1.82, 2.24) is 5.32 Å². The number of rotatable bonds is 7. The summed E-state index contributed by atoms with van der Waals surface area (Å²) in [6, 6.07) is 12.4. The van der Waals surface area contributed by atoms with Gasteiger partial charge in [0.15, 0.2) is 16.6 Å². The molecular weight excluding hydrogens is 468 g/mol. The van der Waals surface area contributed by atoms with Crippen molar-refractivity contribution in [2.24, 2.45) is 0 Å². The van der Waals surface area contributed by atoms with Gasteiger partial charge in [0.1, 0.15) is 12.2 Å². The first kappa shape index (κ1) is 21.7. The SMILES string of the molecule is C=CCOc1c(Br)cc(/C=C2/C(=O)NC(=S)N(c3ccccc3)C2=O)cc1OCC. The molecule has 2 aromatic carbocycles. The number of para-hydroxylation sites is 1. The van der Waals surface area contributed by atoms with Crippen molar-refractivity contribution >= 4 is 56.8 Å². The minimum Gasteiger partial charge on any atom is -0.490 e. The Morgan fingerprint density at radius 3 is 2.60 bits per heavy atom. The highest BCUT2D eigenvalue weighted by Gasteiger charge is 2.34. The van der Waals surface area contributed by atoms with Gasteiger partial charge in [0.05, 0.1) is 16.8 Å². The van der Waals surface area contributed by atoms with E-state index in [0.717, 1.165) is 0 Å². The topological polar surface area (TPSA) is 67.9 Å². The van der Waals surface area contributed by atoms with E-state index in [4.69, 9.17) is 21.7 Å². The zero-order valence-corrected chi connectivity index (χ0v) is 18.6. The standard InChI is InChI=1S/C22H19BrN2O4S/c1-3-10-29-19-17(23)12-14(13-18(19)28-4-2)11-16-20(26)24-22(30)25(21(16)27)15-8-6-5-7-9-15/h3,5-9,11-13H,1,4,10H2,2H3,(H,24,26,30)/b16-11-. The summed E-state index contributed by atoms with van der Waals surface area (Å²) in [6.45, 7) is 6.23. The van der Waals surface area contributed by atoms with Crippen molar-refractivity contribution in [3.8, 4) is 11.5 Å². The Morgan fingerprint density at radius 2 is 1.93 bits per heavy atom. The van der Waals surface area contributed by atoms with Gasteiger partial charge in [-0.05, 0) is 71.0 Å². The molecule has 1 aliphatic rings. The molecule has 0 aromatic heterocycles. The van der Waals surface area contributed by atoms with Gasteiger partial charge < -0.3 is 9.47 Å². The number of amides is 2. The Labute approximate surface area is 188 Å². The van der Waals surface area contributed by atoms with Crippen LogP contribution in [0.2, 0.25) is 0 Å². The quantitative estimate of drug-likeness (QED) is 0.274. The third kappa shape index (κ3) is 4.60. The second-order valence-corrected chi connectivity index (χ2v) is 7.40. The van der Waals surface area contributed by atoms with Crippen molar-refractivity contribution < 1.29 is 19.1 Å². The number of carbonyl (C=O) groups is 2. The molecule has 0 atom stereocenters. The molecule has 0 radical (unpaired) electrons. The van der Waals surface area contributed by atoms with E-state index in [1.54, 1.807) is 42.5 Å². The molecule has 8 heteroatoms. The van der Waals surface area contributed by atoms with Crippen LogP contribution in [-0.2, 0) is 9.59 Å². The van der Waals surface area contributed by atoms with Crippen LogP contribution >= 0.6 is 28.1 Å². The Bertz CT molecular complexity index is 1040. The summed E-state index contributed by atoms with van der Waals surface area (Å²) >= 11 is 8.67. The van der Waals surface area contributed by atoms with E-state index in [9.17, 15) is 9.59 Å². The van der Waals surface area contributed by atoms with Crippen LogP contribution in [0.15, 0.2) is 65.2 Å². The van der Waals surface area contributed by atoms with Gasteiger partial charge in [-0.2, -0.15) is 0 Å². The lowest BCUT2D eigenvalue weighted by molar-refractivity contribution is -0.122. The molecular formula is C22H19BrN2O4S. The van der Waals surface area contributed by atoms with Crippen LogP contribution < -0.4 is 19.7 Å². The van der Waals surface area contributed by atoms with Crippen molar-refractivity contribution in [3.63, 3.8) is 0 Å². The lowest BCUT2D eigenvalue weighted by Crippen LogP contribution is -2.54. The number of ether oxygens (including phenoxy) is 2. The van der Waals surface area contributed by atoms with Gasteiger partial charge in [0.25, 0.3) is 11.8 Å². The van der Waals surface area contributed by atoms with Gasteiger partial charge in [0, 0.05) is 0 Å². The molecule has 1 aliphatic heterocycles. The van der Waals surface area contributed by atoms with Gasteiger partial charge in [-0.1, -0.05) is 30.9 Å². The van der Waals surface area contributed by atoms with Gasteiger partial charge >= 0.3 is 0 Å². The smallest absolute Gasteiger partial charge is 0.270 e. The van der Waals surface area contributed by atoms with Crippen LogP contribution in [-0.4, -0.2) is 30.1 Å². The number of carbonyl (C=O) groups excluding carboxylic acids is 2. The van der Waals surface area contributed by atoms with E-state index in [0.29, 0.717) is 40.4 Å². The molecule has 6 nitrogen and oxygen atoms in total. The average Bonchev–Trinajstić information content (AvgIpc) is 2.71. The van der Waals surface area contributed by atoms with E-state index >= 15 is 0 Å². The zero-order valence-electron chi connectivity index (χ0n) is 16.2. The lowest BCUT2D eigenvalue weighted by Gasteiger charge is -2.28. The molecule has 0 bridgehead atoms. The van der Waals surface area contributed by atoms with E-state index in [1.807, 2.05) is 13.0 Å². The number of hydrogen-bond donors (Lipinski definition) is 1. The van der Waals surface area contributed by atoms with Gasteiger partial charge in [-0.25, -0.2) is 0 Å². The molecule has 154 valence electrons. The zero-order chi connectivity index (χ0) is 21.7. The van der Waals surface area contributed by atoms with Gasteiger partial charge in [-0.3, -0.25) is 19.8 Å². The molecule has 1 fully saturated rings. The first-order valence-electron chi connectivity index (χ1n) is 9.12. The largest absolute Gasteiger partial charge is 0.490 e. The van der Waals surface area contributed by atoms with Crippen LogP contribution in [0.25, 0.3) is 6.08 Å². The molecule has 0 aliphatic carbocycles. The fourth-order valence-corrected chi connectivity index (χ4v) is 3.71. The first-order chi connectivity index (χ1) is 14.5. The molecule has 30 heavy (non-hydrogen) atoms. The molecule has 1 heterocycles. The summed E-state index contributed by atoms with van der Waals surface area (Å²) in [5, 5.41) is 2.61. The number of thiocarbonyl (C=S) groups is 1. The molecule has 1 N–H and O–H groups in total. The van der Waals surface area contributed by atoms with Crippen LogP contribution in [0.3, 0.4) is 0 Å². The Kier molecular flexibility index (Phi) is 7.02. The highest BCUT2D eigenvalue weighted by molar-refractivity contribution is 9.10. The second kappa shape index (κ2) is 9.69. The summed E-state index contributed by atoms with van der Waals surface area (Å²) in [5.41, 5.74) is 1.12. The Balaban J connectivity index is 2.02. The highest BCUT2D eigenvalue weighted by Crippen LogP contribution is 2.38. The Hall–Kier alpha value is -2.97. The van der Waals surface area contributed by atoms with Crippen molar-refractivity contribution in [1.29, 1.82) is 0 Å². The van der Waals surface area contributed by atoms with Crippen LogP contribution in [0, 0.1) is 0 Å². The fraction of sp³-hybridized carbons (Fsp3) is 0.136. The molecule has 0 spiro atoms. The second-order valence-electron chi connectivity index (χ2n) is 6.16. The maximum Gasteiger partial charge on any atom is 0.270 e. The molecule has 2 aromatic rings. The van der Waals surface area contributed by atoms with Gasteiger partial charge in [0.2, 0.25) is 0 Å². The van der Waals surface area contributed by atoms with E-state index in [1.165, 1.54) is 11.0 Å². The molecule has 2 amide bonds. The van der Waals surface area contributed by atoms with E-state index in [-0.39, 0.29) is 10.7 Å². The average molecular weight is 487 g/mol. The highest BCUT2D eigenvalue weighted by atomic mass is 79.9. The van der Waals surface area contributed by atoms with Crippen molar-refractivity contribution in [3.05, 3.63) is 70.7 Å². The van der Waals surface area contributed by atoms with Gasteiger partial charge in [-0.15, -0.1) is 0 Å². The molecule has 1 saturated heterocycles. The normalized spacial score (nSPS) is 15.2. The number of hydrogen-bond acceptors (Lipinski definition) is 5. The number of nitrogens with zero attached hydrogens (tertiary/aromatic N) is 1. The van der Waals surface area contributed by atoms with Crippen LogP contribution in [0.1, 0.15) is 12.5 Å². The molecule has 0 unspecified atom stereocenters. The fourth-order valence-electron chi connectivity index (χ4n) is 2.85. The first-order valence-corrected chi connectivity index (χ1v) is 10.3. The minimum atomic E-state index is -0.557. The molecule has 3 rings (SSSR count).